The molecule has 0 saturated heterocycles. The highest BCUT2D eigenvalue weighted by Gasteiger charge is 2.22. The lowest BCUT2D eigenvalue weighted by molar-refractivity contribution is -0.121. The van der Waals surface area contributed by atoms with Gasteiger partial charge in [-0.25, -0.2) is 8.42 Å². The van der Waals surface area contributed by atoms with Gasteiger partial charge in [-0.3, -0.25) is 4.79 Å². The molecule has 0 atom stereocenters. The SMILES string of the molecule is COc1ccccc1OCCNC(=O)CN(C)S(=O)(=O)c1ccccc1. The van der Waals surface area contributed by atoms with Gasteiger partial charge in [0.15, 0.2) is 11.5 Å². The van der Waals surface area contributed by atoms with E-state index in [0.717, 1.165) is 4.31 Å². The molecule has 0 aromatic heterocycles. The Morgan fingerprint density at radius 2 is 1.65 bits per heavy atom. The number of ether oxygens (including phenoxy) is 2. The Morgan fingerprint density at radius 3 is 2.31 bits per heavy atom. The van der Waals surface area contributed by atoms with Gasteiger partial charge in [-0.15, -0.1) is 0 Å². The highest BCUT2D eigenvalue weighted by atomic mass is 32.2. The molecule has 0 bridgehead atoms. The van der Waals surface area contributed by atoms with Crippen LogP contribution < -0.4 is 14.8 Å². The number of hydrogen-bond acceptors (Lipinski definition) is 5. The molecule has 7 nitrogen and oxygen atoms in total. The zero-order valence-corrected chi connectivity index (χ0v) is 15.5. The Labute approximate surface area is 153 Å². The van der Waals surface area contributed by atoms with Crippen molar-refractivity contribution in [2.45, 2.75) is 4.90 Å². The standard InChI is InChI=1S/C18H22N2O5S/c1-20(26(22,23)15-8-4-3-5-9-15)14-18(21)19-12-13-25-17-11-7-6-10-16(17)24-2/h3-11H,12-14H2,1-2H3,(H,19,21). The largest absolute Gasteiger partial charge is 0.493 e. The quantitative estimate of drug-likeness (QED) is 0.669. The van der Waals surface area contributed by atoms with Gasteiger partial charge in [0.05, 0.1) is 25.1 Å². The summed E-state index contributed by atoms with van der Waals surface area (Å²) >= 11 is 0. The first-order chi connectivity index (χ1) is 12.4. The Balaban J connectivity index is 1.80. The molecular weight excluding hydrogens is 356 g/mol. The number of nitrogens with one attached hydrogen (secondary N) is 1. The minimum absolute atomic E-state index is 0.148. The van der Waals surface area contributed by atoms with Gasteiger partial charge in [-0.1, -0.05) is 30.3 Å². The van der Waals surface area contributed by atoms with Gasteiger partial charge in [0.1, 0.15) is 6.61 Å². The van der Waals surface area contributed by atoms with E-state index in [1.807, 2.05) is 12.1 Å². The van der Waals surface area contributed by atoms with Crippen LogP contribution in [0.1, 0.15) is 0 Å². The third-order valence-electron chi connectivity index (χ3n) is 3.57. The number of para-hydroxylation sites is 2. The minimum Gasteiger partial charge on any atom is -0.493 e. The number of rotatable bonds is 9. The van der Waals surface area contributed by atoms with E-state index in [4.69, 9.17) is 9.47 Å². The van der Waals surface area contributed by atoms with Crippen molar-refractivity contribution in [3.05, 3.63) is 54.6 Å². The maximum Gasteiger partial charge on any atom is 0.243 e. The number of carbonyl (C=O) groups is 1. The maximum absolute atomic E-state index is 12.4. The summed E-state index contributed by atoms with van der Waals surface area (Å²) < 4.78 is 36.5. The Kier molecular flexibility index (Phi) is 6.99. The van der Waals surface area contributed by atoms with E-state index >= 15 is 0 Å². The number of sulfonamides is 1. The number of hydrogen-bond donors (Lipinski definition) is 1. The van der Waals surface area contributed by atoms with E-state index in [-0.39, 0.29) is 24.6 Å². The highest BCUT2D eigenvalue weighted by Crippen LogP contribution is 2.25. The number of amides is 1. The average Bonchev–Trinajstić information content (AvgIpc) is 2.66. The van der Waals surface area contributed by atoms with Gasteiger partial charge in [0.25, 0.3) is 0 Å². The normalized spacial score (nSPS) is 11.2. The van der Waals surface area contributed by atoms with Crippen LogP contribution in [0.2, 0.25) is 0 Å². The predicted molar refractivity (Wildman–Crippen MR) is 97.8 cm³/mol. The molecule has 2 aromatic rings. The number of methoxy groups -OCH3 is 1. The predicted octanol–water partition coefficient (Wildman–Crippen LogP) is 1.51. The molecule has 0 saturated carbocycles. The molecule has 0 radical (unpaired) electrons. The summed E-state index contributed by atoms with van der Waals surface area (Å²) in [7, 11) is -0.775. The van der Waals surface area contributed by atoms with E-state index in [0.29, 0.717) is 11.5 Å². The lowest BCUT2D eigenvalue weighted by Gasteiger charge is -2.17. The van der Waals surface area contributed by atoms with Crippen molar-refractivity contribution in [2.75, 3.05) is 33.9 Å². The number of likely N-dealkylation sites (N-methyl/N-ethyl adjacent to an activating group) is 1. The molecule has 0 aliphatic carbocycles. The van der Waals surface area contributed by atoms with E-state index in [1.54, 1.807) is 37.4 Å². The van der Waals surface area contributed by atoms with Crippen LogP contribution in [0.3, 0.4) is 0 Å². The van der Waals surface area contributed by atoms with Crippen LogP contribution in [0.4, 0.5) is 0 Å². The fourth-order valence-corrected chi connectivity index (χ4v) is 3.35. The Morgan fingerprint density at radius 1 is 1.04 bits per heavy atom. The third kappa shape index (κ3) is 5.21. The molecule has 8 heteroatoms. The lowest BCUT2D eigenvalue weighted by atomic mass is 10.3. The van der Waals surface area contributed by atoms with Crippen molar-refractivity contribution in [3.8, 4) is 11.5 Å². The number of benzene rings is 2. The maximum atomic E-state index is 12.4. The van der Waals surface area contributed by atoms with Gasteiger partial charge >= 0.3 is 0 Å². The Hall–Kier alpha value is -2.58. The highest BCUT2D eigenvalue weighted by molar-refractivity contribution is 7.89. The van der Waals surface area contributed by atoms with E-state index in [1.165, 1.54) is 19.2 Å². The van der Waals surface area contributed by atoms with Crippen molar-refractivity contribution in [2.24, 2.45) is 0 Å². The molecular formula is C18H22N2O5S. The molecule has 140 valence electrons. The van der Waals surface area contributed by atoms with E-state index < -0.39 is 15.9 Å². The van der Waals surface area contributed by atoms with Crippen LogP contribution in [0.5, 0.6) is 11.5 Å². The van der Waals surface area contributed by atoms with Gasteiger partial charge in [-0.05, 0) is 24.3 Å². The second-order valence-corrected chi connectivity index (χ2v) is 7.47. The van der Waals surface area contributed by atoms with Crippen LogP contribution in [-0.4, -0.2) is 52.5 Å². The molecule has 0 fully saturated rings. The van der Waals surface area contributed by atoms with Crippen LogP contribution in [-0.2, 0) is 14.8 Å². The summed E-state index contributed by atoms with van der Waals surface area (Å²) in [5.74, 6) is 0.774. The Bertz CT molecular complexity index is 824. The van der Waals surface area contributed by atoms with Gasteiger partial charge < -0.3 is 14.8 Å². The van der Waals surface area contributed by atoms with Crippen LogP contribution in [0, 0.1) is 0 Å². The summed E-state index contributed by atoms with van der Waals surface area (Å²) in [4.78, 5) is 12.1. The topological polar surface area (TPSA) is 84.9 Å². The van der Waals surface area contributed by atoms with Crippen LogP contribution in [0.25, 0.3) is 0 Å². The smallest absolute Gasteiger partial charge is 0.243 e. The molecule has 2 aromatic carbocycles. The van der Waals surface area contributed by atoms with Crippen molar-refractivity contribution in [1.82, 2.24) is 9.62 Å². The molecule has 0 aliphatic rings. The summed E-state index contributed by atoms with van der Waals surface area (Å²) in [6, 6.07) is 15.2. The molecule has 0 aliphatic heterocycles. The summed E-state index contributed by atoms with van der Waals surface area (Å²) in [5.41, 5.74) is 0. The van der Waals surface area contributed by atoms with Crippen LogP contribution >= 0.6 is 0 Å². The third-order valence-corrected chi connectivity index (χ3v) is 5.39. The van der Waals surface area contributed by atoms with E-state index in [2.05, 4.69) is 5.32 Å². The second-order valence-electron chi connectivity index (χ2n) is 5.42. The summed E-state index contributed by atoms with van der Waals surface area (Å²) in [6.07, 6.45) is 0. The average molecular weight is 378 g/mol. The first kappa shape index (κ1) is 19.7. The van der Waals surface area contributed by atoms with Crippen LogP contribution in [0.15, 0.2) is 59.5 Å². The minimum atomic E-state index is -3.69. The summed E-state index contributed by atoms with van der Waals surface area (Å²) in [5, 5.41) is 2.63. The summed E-state index contributed by atoms with van der Waals surface area (Å²) in [6.45, 7) is 0.212. The molecule has 2 rings (SSSR count). The lowest BCUT2D eigenvalue weighted by Crippen LogP contribution is -2.39. The van der Waals surface area contributed by atoms with Crippen molar-refractivity contribution in [3.63, 3.8) is 0 Å². The molecule has 0 heterocycles. The second kappa shape index (κ2) is 9.21. The van der Waals surface area contributed by atoms with Crippen molar-refractivity contribution in [1.29, 1.82) is 0 Å². The zero-order valence-electron chi connectivity index (χ0n) is 14.7. The molecule has 0 spiro atoms. The van der Waals surface area contributed by atoms with Gasteiger partial charge in [-0.2, -0.15) is 4.31 Å². The van der Waals surface area contributed by atoms with Crippen molar-refractivity contribution < 1.29 is 22.7 Å². The zero-order chi connectivity index (χ0) is 19.0. The fourth-order valence-electron chi connectivity index (χ4n) is 2.21. The molecule has 1 amide bonds. The first-order valence-electron chi connectivity index (χ1n) is 7.99. The molecule has 1 N–H and O–H groups in total. The number of carbonyl (C=O) groups excluding carboxylic acids is 1. The van der Waals surface area contributed by atoms with Gasteiger partial charge in [0, 0.05) is 7.05 Å². The molecule has 0 unspecified atom stereocenters. The first-order valence-corrected chi connectivity index (χ1v) is 9.43. The molecule has 26 heavy (non-hydrogen) atoms. The fraction of sp³-hybridized carbons (Fsp3) is 0.278. The van der Waals surface area contributed by atoms with Gasteiger partial charge in [0.2, 0.25) is 15.9 Å². The van der Waals surface area contributed by atoms with E-state index in [9.17, 15) is 13.2 Å². The monoisotopic (exact) mass is 378 g/mol. The number of nitrogens with zero attached hydrogens (tertiary/aromatic N) is 1. The van der Waals surface area contributed by atoms with Crippen molar-refractivity contribution >= 4 is 15.9 Å².